The maximum absolute atomic E-state index is 12.2. The summed E-state index contributed by atoms with van der Waals surface area (Å²) in [5.74, 6) is -0.00235. The molecule has 24 heavy (non-hydrogen) atoms. The molecule has 6 heteroatoms. The van der Waals surface area contributed by atoms with Crippen molar-refractivity contribution < 1.29 is 18.7 Å². The Morgan fingerprint density at radius 3 is 2.38 bits per heavy atom. The lowest BCUT2D eigenvalue weighted by atomic mass is 10.1. The number of hydrogen-bond acceptors (Lipinski definition) is 5. The van der Waals surface area contributed by atoms with Crippen LogP contribution in [0.15, 0.2) is 47.1 Å². The number of anilines is 1. The maximum atomic E-state index is 12.2. The first kappa shape index (κ1) is 16.1. The van der Waals surface area contributed by atoms with Gasteiger partial charge in [-0.3, -0.25) is 4.79 Å². The molecule has 126 valence electrons. The largest absolute Gasteiger partial charge is 0.462 e. The number of rotatable bonds is 4. The van der Waals surface area contributed by atoms with Gasteiger partial charge in [-0.1, -0.05) is 0 Å². The summed E-state index contributed by atoms with van der Waals surface area (Å²) in [7, 11) is 0. The third kappa shape index (κ3) is 3.42. The molecule has 0 unspecified atom stereocenters. The molecule has 0 saturated carbocycles. The monoisotopic (exact) mass is 328 g/mol. The molecular formula is C18H20N2O4. The first-order chi connectivity index (χ1) is 11.7. The summed E-state index contributed by atoms with van der Waals surface area (Å²) in [6.45, 7) is 4.91. The van der Waals surface area contributed by atoms with Gasteiger partial charge in [0, 0.05) is 31.9 Å². The second-order valence-electron chi connectivity index (χ2n) is 5.52. The highest BCUT2D eigenvalue weighted by Crippen LogP contribution is 2.19. The summed E-state index contributed by atoms with van der Waals surface area (Å²) in [4.78, 5) is 27.9. The van der Waals surface area contributed by atoms with Crippen LogP contribution in [0.3, 0.4) is 0 Å². The first-order valence-electron chi connectivity index (χ1n) is 8.04. The number of carbonyl (C=O) groups excluding carboxylic acids is 2. The zero-order valence-corrected chi connectivity index (χ0v) is 13.6. The van der Waals surface area contributed by atoms with Crippen molar-refractivity contribution in [3.8, 4) is 0 Å². The van der Waals surface area contributed by atoms with Crippen LogP contribution >= 0.6 is 0 Å². The van der Waals surface area contributed by atoms with E-state index < -0.39 is 0 Å². The van der Waals surface area contributed by atoms with Crippen LogP contribution in [0.2, 0.25) is 0 Å². The fourth-order valence-electron chi connectivity index (χ4n) is 2.75. The van der Waals surface area contributed by atoms with Gasteiger partial charge in [-0.05, 0) is 43.3 Å². The Morgan fingerprint density at radius 1 is 1.08 bits per heavy atom. The first-order valence-corrected chi connectivity index (χ1v) is 8.04. The SMILES string of the molecule is CCOC(=O)c1ccc(N2CCN(C(=O)c3ccco3)CC2)cc1. The number of benzene rings is 1. The van der Waals surface area contributed by atoms with E-state index in [0.717, 1.165) is 18.8 Å². The number of furan rings is 1. The summed E-state index contributed by atoms with van der Waals surface area (Å²) >= 11 is 0. The second kappa shape index (κ2) is 7.21. The Labute approximate surface area is 140 Å². The number of carbonyl (C=O) groups is 2. The summed E-state index contributed by atoms with van der Waals surface area (Å²) < 4.78 is 10.2. The van der Waals surface area contributed by atoms with E-state index in [-0.39, 0.29) is 11.9 Å². The van der Waals surface area contributed by atoms with Gasteiger partial charge < -0.3 is 19.0 Å². The number of piperazine rings is 1. The lowest BCUT2D eigenvalue weighted by Gasteiger charge is -2.35. The van der Waals surface area contributed by atoms with Crippen LogP contribution in [-0.4, -0.2) is 49.6 Å². The zero-order valence-electron chi connectivity index (χ0n) is 13.6. The fourth-order valence-corrected chi connectivity index (χ4v) is 2.75. The molecule has 1 aliphatic rings. The molecule has 0 atom stereocenters. The Kier molecular flexibility index (Phi) is 4.84. The van der Waals surface area contributed by atoms with Crippen LogP contribution in [0.5, 0.6) is 0 Å². The molecule has 1 saturated heterocycles. The van der Waals surface area contributed by atoms with E-state index in [9.17, 15) is 9.59 Å². The molecule has 2 heterocycles. The van der Waals surface area contributed by atoms with E-state index >= 15 is 0 Å². The Morgan fingerprint density at radius 2 is 1.79 bits per heavy atom. The van der Waals surface area contributed by atoms with Crippen LogP contribution in [0.4, 0.5) is 5.69 Å². The van der Waals surface area contributed by atoms with Crippen molar-refractivity contribution in [1.29, 1.82) is 0 Å². The lowest BCUT2D eigenvalue weighted by molar-refractivity contribution is 0.0526. The van der Waals surface area contributed by atoms with Crippen LogP contribution in [-0.2, 0) is 4.74 Å². The van der Waals surface area contributed by atoms with Crippen molar-refractivity contribution in [3.63, 3.8) is 0 Å². The van der Waals surface area contributed by atoms with Crippen LogP contribution < -0.4 is 4.90 Å². The molecule has 2 aromatic rings. The smallest absolute Gasteiger partial charge is 0.338 e. The summed E-state index contributed by atoms with van der Waals surface area (Å²) in [6, 6.07) is 10.8. The summed E-state index contributed by atoms with van der Waals surface area (Å²) in [6.07, 6.45) is 1.51. The van der Waals surface area contributed by atoms with E-state index in [0.29, 0.717) is 31.0 Å². The van der Waals surface area contributed by atoms with Gasteiger partial charge in [-0.2, -0.15) is 0 Å². The molecule has 1 amide bonds. The van der Waals surface area contributed by atoms with Gasteiger partial charge in [0.2, 0.25) is 0 Å². The molecule has 1 aliphatic heterocycles. The highest BCUT2D eigenvalue weighted by atomic mass is 16.5. The number of amides is 1. The Bertz CT molecular complexity index is 686. The highest BCUT2D eigenvalue weighted by molar-refractivity contribution is 5.91. The lowest BCUT2D eigenvalue weighted by Crippen LogP contribution is -2.48. The molecular weight excluding hydrogens is 308 g/mol. The molecule has 1 aromatic carbocycles. The van der Waals surface area contributed by atoms with Gasteiger partial charge in [0.25, 0.3) is 5.91 Å². The van der Waals surface area contributed by atoms with Crippen LogP contribution in [0, 0.1) is 0 Å². The normalized spacial score (nSPS) is 14.5. The molecule has 0 bridgehead atoms. The average Bonchev–Trinajstić information content (AvgIpc) is 3.16. The van der Waals surface area contributed by atoms with Crippen molar-refractivity contribution >= 4 is 17.6 Å². The fraction of sp³-hybridized carbons (Fsp3) is 0.333. The molecule has 1 aromatic heterocycles. The minimum absolute atomic E-state index is 0.0719. The average molecular weight is 328 g/mol. The summed E-state index contributed by atoms with van der Waals surface area (Å²) in [5.41, 5.74) is 1.58. The van der Waals surface area contributed by atoms with E-state index in [1.807, 2.05) is 12.1 Å². The van der Waals surface area contributed by atoms with E-state index in [2.05, 4.69) is 4.90 Å². The van der Waals surface area contributed by atoms with Crippen molar-refractivity contribution in [2.24, 2.45) is 0 Å². The Hall–Kier alpha value is -2.76. The molecule has 0 N–H and O–H groups in total. The van der Waals surface area contributed by atoms with Crippen molar-refractivity contribution in [3.05, 3.63) is 54.0 Å². The highest BCUT2D eigenvalue weighted by Gasteiger charge is 2.23. The second-order valence-corrected chi connectivity index (χ2v) is 5.52. The standard InChI is InChI=1S/C18H20N2O4/c1-2-23-18(22)14-5-7-15(8-6-14)19-9-11-20(12-10-19)17(21)16-4-3-13-24-16/h3-8,13H,2,9-12H2,1H3. The third-order valence-corrected chi connectivity index (χ3v) is 4.04. The van der Waals surface area contributed by atoms with E-state index in [4.69, 9.17) is 9.15 Å². The minimum Gasteiger partial charge on any atom is -0.462 e. The van der Waals surface area contributed by atoms with Gasteiger partial charge in [-0.25, -0.2) is 4.79 Å². The minimum atomic E-state index is -0.307. The summed E-state index contributed by atoms with van der Waals surface area (Å²) in [5, 5.41) is 0. The molecule has 3 rings (SSSR count). The van der Waals surface area contributed by atoms with Gasteiger partial charge in [0.05, 0.1) is 18.4 Å². The van der Waals surface area contributed by atoms with Gasteiger partial charge in [0.1, 0.15) is 0 Å². The third-order valence-electron chi connectivity index (χ3n) is 4.04. The molecule has 1 fully saturated rings. The predicted octanol–water partition coefficient (Wildman–Crippen LogP) is 2.42. The number of ether oxygens (including phenoxy) is 1. The van der Waals surface area contributed by atoms with Gasteiger partial charge >= 0.3 is 5.97 Å². The molecule has 0 spiro atoms. The van der Waals surface area contributed by atoms with Crippen molar-refractivity contribution in [2.45, 2.75) is 6.92 Å². The molecule has 0 aliphatic carbocycles. The van der Waals surface area contributed by atoms with Gasteiger partial charge in [-0.15, -0.1) is 0 Å². The number of esters is 1. The topological polar surface area (TPSA) is 63.0 Å². The van der Waals surface area contributed by atoms with Crippen LogP contribution in [0.1, 0.15) is 27.8 Å². The maximum Gasteiger partial charge on any atom is 0.338 e. The van der Waals surface area contributed by atoms with Crippen LogP contribution in [0.25, 0.3) is 0 Å². The quantitative estimate of drug-likeness (QED) is 0.807. The van der Waals surface area contributed by atoms with E-state index in [1.54, 1.807) is 36.1 Å². The predicted molar refractivity (Wildman–Crippen MR) is 89.2 cm³/mol. The van der Waals surface area contributed by atoms with Crippen molar-refractivity contribution in [2.75, 3.05) is 37.7 Å². The zero-order chi connectivity index (χ0) is 16.9. The molecule has 6 nitrogen and oxygen atoms in total. The number of hydrogen-bond donors (Lipinski definition) is 0. The van der Waals surface area contributed by atoms with E-state index in [1.165, 1.54) is 6.26 Å². The molecule has 0 radical (unpaired) electrons. The van der Waals surface area contributed by atoms with Crippen molar-refractivity contribution in [1.82, 2.24) is 4.90 Å². The van der Waals surface area contributed by atoms with Gasteiger partial charge in [0.15, 0.2) is 5.76 Å². The number of nitrogens with zero attached hydrogens (tertiary/aromatic N) is 2. The Balaban J connectivity index is 1.58.